The van der Waals surface area contributed by atoms with Gasteiger partial charge < -0.3 is 19.9 Å². The molecule has 0 saturated carbocycles. The summed E-state index contributed by atoms with van der Waals surface area (Å²) < 4.78 is 5.31. The van der Waals surface area contributed by atoms with Gasteiger partial charge in [-0.1, -0.05) is 40.2 Å². The lowest BCUT2D eigenvalue weighted by molar-refractivity contribution is -0.140. The summed E-state index contributed by atoms with van der Waals surface area (Å²) in [6.45, 7) is 16.3. The maximum atomic E-state index is 13.8. The van der Waals surface area contributed by atoms with Gasteiger partial charge in [0.1, 0.15) is 6.04 Å². The Bertz CT molecular complexity index is 810. The van der Waals surface area contributed by atoms with Crippen LogP contribution in [0.3, 0.4) is 0 Å². The summed E-state index contributed by atoms with van der Waals surface area (Å²) in [7, 11) is 3.45. The summed E-state index contributed by atoms with van der Waals surface area (Å²) in [5.74, 6) is -0.137. The van der Waals surface area contributed by atoms with E-state index in [1.54, 1.807) is 19.1 Å². The maximum absolute atomic E-state index is 13.8. The molecule has 0 aromatic heterocycles. The maximum Gasteiger partial charge on any atom is 0.249 e. The van der Waals surface area contributed by atoms with E-state index >= 15 is 0 Å². The van der Waals surface area contributed by atoms with Crippen LogP contribution in [-0.2, 0) is 19.1 Å². The zero-order valence-corrected chi connectivity index (χ0v) is 24.8. The van der Waals surface area contributed by atoms with Crippen LogP contribution in [0.4, 0.5) is 0 Å². The Hall–Kier alpha value is -1.93. The highest BCUT2D eigenvalue weighted by Crippen LogP contribution is 2.23. The first-order valence-corrected chi connectivity index (χ1v) is 14.2. The topological polar surface area (TPSA) is 82.2 Å². The molecule has 2 aliphatic heterocycles. The van der Waals surface area contributed by atoms with Gasteiger partial charge in [-0.25, -0.2) is 0 Å². The zero-order valence-electron chi connectivity index (χ0n) is 24.8. The van der Waals surface area contributed by atoms with Gasteiger partial charge in [0.05, 0.1) is 24.7 Å². The summed E-state index contributed by atoms with van der Waals surface area (Å²) in [6.07, 6.45) is 6.79. The van der Waals surface area contributed by atoms with Crippen molar-refractivity contribution in [2.45, 2.75) is 111 Å². The molecule has 0 spiro atoms. The molecule has 1 N–H and O–H groups in total. The molecule has 2 aliphatic rings. The second-order valence-electron chi connectivity index (χ2n) is 11.9. The number of hydrogen-bond acceptors (Lipinski definition) is 5. The molecule has 2 fully saturated rings. The van der Waals surface area contributed by atoms with Crippen molar-refractivity contribution in [3.05, 3.63) is 11.6 Å². The van der Waals surface area contributed by atoms with E-state index in [2.05, 4.69) is 37.9 Å². The number of piperidine rings is 1. The highest BCUT2D eigenvalue weighted by molar-refractivity contribution is 5.94. The van der Waals surface area contributed by atoms with Gasteiger partial charge in [-0.3, -0.25) is 19.3 Å². The molecule has 2 heterocycles. The molecule has 0 unspecified atom stereocenters. The van der Waals surface area contributed by atoms with Crippen LogP contribution < -0.4 is 5.32 Å². The highest BCUT2D eigenvalue weighted by atomic mass is 16.5. The van der Waals surface area contributed by atoms with E-state index in [4.69, 9.17) is 4.74 Å². The number of carbonyl (C=O) groups is 3. The molecule has 37 heavy (non-hydrogen) atoms. The Kier molecular flexibility index (Phi) is 12.1. The van der Waals surface area contributed by atoms with E-state index in [1.165, 1.54) is 0 Å². The molecular weight excluding hydrogens is 468 g/mol. The monoisotopic (exact) mass is 520 g/mol. The molecule has 2 rings (SSSR count). The molecule has 0 aliphatic carbocycles. The Morgan fingerprint density at radius 3 is 2.24 bits per heavy atom. The number of hydrogen-bond donors (Lipinski definition) is 1. The van der Waals surface area contributed by atoms with Gasteiger partial charge >= 0.3 is 0 Å². The van der Waals surface area contributed by atoms with E-state index in [-0.39, 0.29) is 53.7 Å². The Labute approximate surface area is 225 Å². The predicted molar refractivity (Wildman–Crippen MR) is 148 cm³/mol. The van der Waals surface area contributed by atoms with Gasteiger partial charge in [-0.15, -0.1) is 0 Å². The van der Waals surface area contributed by atoms with Crippen molar-refractivity contribution in [1.82, 2.24) is 20.0 Å². The molecule has 8 heteroatoms. The van der Waals surface area contributed by atoms with Gasteiger partial charge in [0.25, 0.3) is 0 Å². The number of nitrogens with zero attached hydrogens (tertiary/aromatic N) is 3. The first-order chi connectivity index (χ1) is 17.4. The normalized spacial score (nSPS) is 23.0. The third-order valence-corrected chi connectivity index (χ3v) is 7.97. The smallest absolute Gasteiger partial charge is 0.249 e. The van der Waals surface area contributed by atoms with Crippen LogP contribution >= 0.6 is 0 Å². The molecule has 2 saturated heterocycles. The fourth-order valence-electron chi connectivity index (χ4n) is 5.76. The van der Waals surface area contributed by atoms with Crippen LogP contribution in [0.1, 0.15) is 80.6 Å². The SMILES string of the molecule is COC[C@@H]1CCCN1C(=O)C(C)=C[C@H](C(C)C)N(C)C(=O)[C@@H](NC(=O)[C@H]1CCCCN1C(C)C)C(C)C. The molecule has 8 nitrogen and oxygen atoms in total. The Morgan fingerprint density at radius 1 is 1.00 bits per heavy atom. The van der Waals surface area contributed by atoms with Crippen molar-refractivity contribution in [2.75, 3.05) is 33.9 Å². The minimum Gasteiger partial charge on any atom is -0.383 e. The minimum atomic E-state index is -0.622. The number of rotatable bonds is 11. The van der Waals surface area contributed by atoms with Crippen LogP contribution in [0.2, 0.25) is 0 Å². The third-order valence-electron chi connectivity index (χ3n) is 7.97. The highest BCUT2D eigenvalue weighted by Gasteiger charge is 2.36. The van der Waals surface area contributed by atoms with Gasteiger partial charge in [-0.2, -0.15) is 0 Å². The Morgan fingerprint density at radius 2 is 1.68 bits per heavy atom. The molecule has 212 valence electrons. The fourth-order valence-corrected chi connectivity index (χ4v) is 5.76. The van der Waals surface area contributed by atoms with Crippen LogP contribution in [0, 0.1) is 11.8 Å². The molecule has 4 atom stereocenters. The molecular formula is C29H52N4O4. The van der Waals surface area contributed by atoms with Crippen molar-refractivity contribution in [3.8, 4) is 0 Å². The van der Waals surface area contributed by atoms with Crippen LogP contribution in [0.5, 0.6) is 0 Å². The zero-order chi connectivity index (χ0) is 27.9. The lowest BCUT2D eigenvalue weighted by atomic mass is 9.95. The summed E-state index contributed by atoms with van der Waals surface area (Å²) in [6, 6.07) is -0.705. The van der Waals surface area contributed by atoms with Crippen molar-refractivity contribution >= 4 is 17.7 Å². The average Bonchev–Trinajstić information content (AvgIpc) is 3.32. The number of carbonyl (C=O) groups excluding carboxylic acids is 3. The molecule has 0 radical (unpaired) electrons. The first kappa shape index (κ1) is 31.3. The van der Waals surface area contributed by atoms with Crippen molar-refractivity contribution in [3.63, 3.8) is 0 Å². The van der Waals surface area contributed by atoms with E-state index in [9.17, 15) is 14.4 Å². The van der Waals surface area contributed by atoms with Gasteiger partial charge in [0.15, 0.2) is 0 Å². The van der Waals surface area contributed by atoms with Crippen molar-refractivity contribution in [1.29, 1.82) is 0 Å². The van der Waals surface area contributed by atoms with E-state index in [1.807, 2.05) is 31.7 Å². The summed E-state index contributed by atoms with van der Waals surface area (Å²) in [5.41, 5.74) is 0.640. The fraction of sp³-hybridized carbons (Fsp3) is 0.828. The number of ether oxygens (including phenoxy) is 1. The molecule has 0 aromatic carbocycles. The summed E-state index contributed by atoms with van der Waals surface area (Å²) in [5, 5.41) is 3.10. The second-order valence-corrected chi connectivity index (χ2v) is 11.9. The predicted octanol–water partition coefficient (Wildman–Crippen LogP) is 3.46. The molecule has 0 bridgehead atoms. The number of nitrogens with one attached hydrogen (secondary N) is 1. The van der Waals surface area contributed by atoms with Crippen molar-refractivity contribution in [2.24, 2.45) is 11.8 Å². The first-order valence-electron chi connectivity index (χ1n) is 14.2. The standard InChI is InChI=1S/C29H52N4O4/c1-19(2)25(17-22(7)28(35)33-16-12-13-23(33)18-37-9)31(8)29(36)26(20(3)4)30-27(34)24-14-10-11-15-32(24)21(5)6/h17,19-21,23-26H,10-16,18H2,1-9H3,(H,30,34)/t23-,24+,25+,26-/m0/s1. The van der Waals surface area contributed by atoms with Crippen LogP contribution in [0.15, 0.2) is 11.6 Å². The quantitative estimate of drug-likeness (QED) is 0.422. The minimum absolute atomic E-state index is 0.00540. The average molecular weight is 521 g/mol. The van der Waals surface area contributed by atoms with Gasteiger partial charge in [-0.05, 0) is 64.8 Å². The van der Waals surface area contributed by atoms with E-state index < -0.39 is 6.04 Å². The van der Waals surface area contributed by atoms with E-state index in [0.29, 0.717) is 12.2 Å². The van der Waals surface area contributed by atoms with Crippen molar-refractivity contribution < 1.29 is 19.1 Å². The van der Waals surface area contributed by atoms with Gasteiger partial charge in [0, 0.05) is 32.3 Å². The molecule has 0 aromatic rings. The van der Waals surface area contributed by atoms with E-state index in [0.717, 1.165) is 45.2 Å². The lowest BCUT2D eigenvalue weighted by Crippen LogP contribution is -2.58. The number of methoxy groups -OCH3 is 1. The third kappa shape index (κ3) is 8.03. The number of amides is 3. The number of likely N-dealkylation sites (N-methyl/N-ethyl adjacent to an activating group) is 1. The van der Waals surface area contributed by atoms with Gasteiger partial charge in [0.2, 0.25) is 17.7 Å². The lowest BCUT2D eigenvalue weighted by Gasteiger charge is -2.39. The van der Waals surface area contributed by atoms with Crippen LogP contribution in [0.25, 0.3) is 0 Å². The van der Waals surface area contributed by atoms with Crippen LogP contribution in [-0.4, -0.2) is 96.5 Å². The summed E-state index contributed by atoms with van der Waals surface area (Å²) in [4.78, 5) is 46.2. The number of likely N-dealkylation sites (tertiary alicyclic amines) is 2. The second kappa shape index (κ2) is 14.3. The molecule has 3 amide bonds. The largest absolute Gasteiger partial charge is 0.383 e. The Balaban J connectivity index is 2.19. The summed E-state index contributed by atoms with van der Waals surface area (Å²) >= 11 is 0.